The fourth-order valence-corrected chi connectivity index (χ4v) is 0.487. The van der Waals surface area contributed by atoms with Crippen molar-refractivity contribution in [3.63, 3.8) is 0 Å². The second kappa shape index (κ2) is 4.32. The van der Waals surface area contributed by atoms with Crippen molar-refractivity contribution in [1.82, 2.24) is 5.32 Å². The van der Waals surface area contributed by atoms with Crippen molar-refractivity contribution < 1.29 is 9.90 Å². The van der Waals surface area contributed by atoms with Gasteiger partial charge in [0.1, 0.15) is 0 Å². The van der Waals surface area contributed by atoms with Crippen molar-refractivity contribution in [2.24, 2.45) is 0 Å². The first-order valence-electron chi connectivity index (χ1n) is 3.04. The van der Waals surface area contributed by atoms with Crippen LogP contribution in [0.15, 0.2) is 0 Å². The zero-order valence-electron chi connectivity index (χ0n) is 5.81. The van der Waals surface area contributed by atoms with E-state index >= 15 is 0 Å². The molecule has 0 aromatic carbocycles. The van der Waals surface area contributed by atoms with Gasteiger partial charge < -0.3 is 5.32 Å². The lowest BCUT2D eigenvalue weighted by Crippen LogP contribution is -2.30. The molecular weight excluding hydrogens is 118 g/mol. The van der Waals surface area contributed by atoms with Crippen molar-refractivity contribution in [2.75, 3.05) is 6.61 Å². The van der Waals surface area contributed by atoms with Crippen molar-refractivity contribution in [3.05, 3.63) is 0 Å². The van der Waals surface area contributed by atoms with E-state index < -0.39 is 0 Å². The van der Waals surface area contributed by atoms with Gasteiger partial charge in [0, 0.05) is 6.04 Å². The van der Waals surface area contributed by atoms with Crippen molar-refractivity contribution in [1.29, 1.82) is 0 Å². The van der Waals surface area contributed by atoms with Crippen molar-refractivity contribution >= 4 is 5.91 Å². The second-order valence-electron chi connectivity index (χ2n) is 2.18. The summed E-state index contributed by atoms with van der Waals surface area (Å²) in [5.74, 6) is -0.153. The minimum absolute atomic E-state index is 0.0954. The monoisotopic (exact) mass is 130 g/mol. The van der Waals surface area contributed by atoms with Crippen LogP contribution < -0.4 is 5.32 Å². The summed E-state index contributed by atoms with van der Waals surface area (Å²) in [6.45, 7) is 3.41. The molecule has 0 aliphatic heterocycles. The average Bonchev–Trinajstić information content (AvgIpc) is 1.63. The molecule has 0 saturated heterocycles. The number of carbonyl (C=O) groups excluding carboxylic acids is 1. The Morgan fingerprint density at radius 3 is 2.44 bits per heavy atom. The predicted molar refractivity (Wildman–Crippen MR) is 33.4 cm³/mol. The summed E-state index contributed by atoms with van der Waals surface area (Å²) in [4.78, 5) is 10.5. The molecule has 53 valence electrons. The third-order valence-electron chi connectivity index (χ3n) is 0.779. The van der Waals surface area contributed by atoms with Crippen molar-refractivity contribution in [2.45, 2.75) is 26.3 Å². The van der Waals surface area contributed by atoms with Crippen LogP contribution in [0.4, 0.5) is 0 Å². The highest BCUT2D eigenvalue weighted by molar-refractivity contribution is 5.76. The van der Waals surface area contributed by atoms with E-state index in [1.165, 1.54) is 0 Å². The molecule has 0 heterocycles. The molecule has 0 fully saturated rings. The van der Waals surface area contributed by atoms with Gasteiger partial charge >= 0.3 is 0 Å². The third kappa shape index (κ3) is 5.30. The topological polar surface area (TPSA) is 49.0 Å². The number of hydrogen-bond acceptors (Lipinski definition) is 1. The van der Waals surface area contributed by atoms with Crippen LogP contribution in [0.1, 0.15) is 20.3 Å². The lowest BCUT2D eigenvalue weighted by molar-refractivity contribution is -0.122. The molecule has 0 aromatic heterocycles. The Labute approximate surface area is 55.1 Å². The molecule has 3 nitrogen and oxygen atoms in total. The Bertz CT molecular complexity index is 91.1. The predicted octanol–water partition coefficient (Wildman–Crippen LogP) is 0.332. The Morgan fingerprint density at radius 2 is 2.11 bits per heavy atom. The van der Waals surface area contributed by atoms with Gasteiger partial charge in [-0.3, -0.25) is 4.79 Å². The summed E-state index contributed by atoms with van der Waals surface area (Å²) in [5, 5.41) is 12.5. The summed E-state index contributed by atoms with van der Waals surface area (Å²) in [5.41, 5.74) is 0. The highest BCUT2D eigenvalue weighted by atomic mass is 16.3. The van der Waals surface area contributed by atoms with E-state index in [-0.39, 0.29) is 25.0 Å². The molecular formula is C6H12NO2. The van der Waals surface area contributed by atoms with Crippen LogP contribution in [0.25, 0.3) is 0 Å². The Morgan fingerprint density at radius 1 is 1.56 bits per heavy atom. The Kier molecular flexibility index (Phi) is 4.05. The molecule has 1 radical (unpaired) electrons. The van der Waals surface area contributed by atoms with Crippen molar-refractivity contribution in [3.8, 4) is 0 Å². The largest absolute Gasteiger partial charge is 0.354 e. The van der Waals surface area contributed by atoms with Gasteiger partial charge in [-0.2, -0.15) is 0 Å². The number of rotatable bonds is 3. The summed E-state index contributed by atoms with van der Waals surface area (Å²) >= 11 is 0. The quantitative estimate of drug-likeness (QED) is 0.588. The van der Waals surface area contributed by atoms with Crippen LogP contribution in [-0.4, -0.2) is 18.6 Å². The minimum atomic E-state index is -0.321. The summed E-state index contributed by atoms with van der Waals surface area (Å²) < 4.78 is 0. The van der Waals surface area contributed by atoms with Crippen LogP contribution >= 0.6 is 0 Å². The maximum atomic E-state index is 10.5. The summed E-state index contributed by atoms with van der Waals surface area (Å²) in [7, 11) is 0. The normalized spacial score (nSPS) is 9.78. The minimum Gasteiger partial charge on any atom is -0.354 e. The molecule has 0 saturated carbocycles. The molecule has 0 aliphatic rings. The average molecular weight is 130 g/mol. The van der Waals surface area contributed by atoms with Gasteiger partial charge in [0.2, 0.25) is 5.91 Å². The first-order chi connectivity index (χ1) is 4.16. The van der Waals surface area contributed by atoms with E-state index in [0.717, 1.165) is 0 Å². The zero-order chi connectivity index (χ0) is 7.28. The molecule has 1 N–H and O–H groups in total. The molecule has 9 heavy (non-hydrogen) atoms. The molecule has 0 rings (SSSR count). The molecule has 0 aliphatic carbocycles. The molecule has 0 spiro atoms. The van der Waals surface area contributed by atoms with Gasteiger partial charge in [0.05, 0.1) is 13.0 Å². The standard InChI is InChI=1S/C6H12NO2/c1-5(2)7-6(9)3-4-8/h5H,3-4H2,1-2H3,(H,7,9). The lowest BCUT2D eigenvalue weighted by atomic mass is 10.3. The number of amides is 1. The van der Waals surface area contributed by atoms with Crippen LogP contribution in [0.3, 0.4) is 0 Å². The zero-order valence-corrected chi connectivity index (χ0v) is 5.81. The fourth-order valence-electron chi connectivity index (χ4n) is 0.487. The molecule has 0 atom stereocenters. The molecule has 0 aromatic rings. The molecule has 0 bridgehead atoms. The van der Waals surface area contributed by atoms with Gasteiger partial charge in [-0.05, 0) is 13.8 Å². The first kappa shape index (κ1) is 8.43. The number of nitrogens with one attached hydrogen (secondary N) is 1. The summed E-state index contributed by atoms with van der Waals surface area (Å²) in [6.07, 6.45) is 0.0954. The maximum Gasteiger partial charge on any atom is 0.222 e. The van der Waals surface area contributed by atoms with E-state index in [1.807, 2.05) is 13.8 Å². The van der Waals surface area contributed by atoms with Crippen LogP contribution in [0.2, 0.25) is 0 Å². The van der Waals surface area contributed by atoms with Crippen LogP contribution in [-0.2, 0) is 9.90 Å². The Balaban J connectivity index is 3.27. The van der Waals surface area contributed by atoms with E-state index in [9.17, 15) is 9.90 Å². The Hall–Kier alpha value is -0.570. The molecule has 1 amide bonds. The van der Waals surface area contributed by atoms with Crippen LogP contribution in [0, 0.1) is 0 Å². The molecule has 3 heteroatoms. The third-order valence-corrected chi connectivity index (χ3v) is 0.779. The second-order valence-corrected chi connectivity index (χ2v) is 2.18. The van der Waals surface area contributed by atoms with E-state index in [1.54, 1.807) is 0 Å². The molecule has 0 unspecified atom stereocenters. The highest BCUT2D eigenvalue weighted by Gasteiger charge is 2.00. The van der Waals surface area contributed by atoms with Crippen LogP contribution in [0.5, 0.6) is 0 Å². The SMILES string of the molecule is CC(C)NC(=O)CC[O]. The van der Waals surface area contributed by atoms with Gasteiger partial charge in [0.15, 0.2) is 0 Å². The van der Waals surface area contributed by atoms with E-state index in [2.05, 4.69) is 5.32 Å². The first-order valence-corrected chi connectivity index (χ1v) is 3.04. The van der Waals surface area contributed by atoms with Gasteiger partial charge in [-0.15, -0.1) is 0 Å². The fraction of sp³-hybridized carbons (Fsp3) is 0.833. The van der Waals surface area contributed by atoms with E-state index in [0.29, 0.717) is 0 Å². The maximum absolute atomic E-state index is 10.5. The number of carbonyl (C=O) groups is 1. The van der Waals surface area contributed by atoms with E-state index in [4.69, 9.17) is 0 Å². The lowest BCUT2D eigenvalue weighted by Gasteiger charge is -2.05. The van der Waals surface area contributed by atoms with Gasteiger partial charge in [-0.1, -0.05) is 0 Å². The smallest absolute Gasteiger partial charge is 0.222 e. The highest BCUT2D eigenvalue weighted by Crippen LogP contribution is 1.80. The number of hydrogen-bond donors (Lipinski definition) is 1. The summed E-state index contributed by atoms with van der Waals surface area (Å²) in [6, 6.07) is 0.143. The van der Waals surface area contributed by atoms with Gasteiger partial charge in [-0.25, -0.2) is 5.11 Å². The van der Waals surface area contributed by atoms with Gasteiger partial charge in [0.25, 0.3) is 0 Å².